The van der Waals surface area contributed by atoms with Crippen molar-refractivity contribution < 1.29 is 28.6 Å². The quantitative estimate of drug-likeness (QED) is 0.0784. The lowest BCUT2D eigenvalue weighted by Gasteiger charge is -2.22. The average molecular weight is 524 g/mol. The molecule has 0 aromatic rings. The fourth-order valence-electron chi connectivity index (χ4n) is 4.04. The van der Waals surface area contributed by atoms with Crippen molar-refractivity contribution in [2.75, 3.05) is 39.6 Å². The second-order valence-electron chi connectivity index (χ2n) is 9.88. The second kappa shape index (κ2) is 25.6. The Morgan fingerprint density at radius 2 is 1.17 bits per heavy atom. The highest BCUT2D eigenvalue weighted by molar-refractivity contribution is 7.52. The molecule has 0 heterocycles. The van der Waals surface area contributed by atoms with Crippen LogP contribution >= 0.6 is 7.60 Å². The Bertz CT molecular complexity index is 477. The van der Waals surface area contributed by atoms with E-state index in [9.17, 15) is 14.4 Å². The predicted molar refractivity (Wildman–Crippen MR) is 146 cm³/mol. The van der Waals surface area contributed by atoms with Gasteiger partial charge in [0.15, 0.2) is 0 Å². The molecule has 212 valence electrons. The smallest absolute Gasteiger partial charge is 0.330 e. The van der Waals surface area contributed by atoms with Crippen LogP contribution in [0.3, 0.4) is 0 Å². The Labute approximate surface area is 216 Å². The van der Waals surface area contributed by atoms with Crippen molar-refractivity contribution in [1.29, 1.82) is 0 Å². The third-order valence-electron chi connectivity index (χ3n) is 6.38. The lowest BCUT2D eigenvalue weighted by atomic mass is 10.1. The van der Waals surface area contributed by atoms with Crippen molar-refractivity contribution >= 4 is 7.60 Å². The molecule has 35 heavy (non-hydrogen) atoms. The van der Waals surface area contributed by atoms with Crippen molar-refractivity contribution in [2.24, 2.45) is 5.73 Å². The standard InChI is InChI=1S/C27H58NO6P/c1-3-5-17-21-32-23-26(34-22-18-6-4-2)24-33-25-27(35(29,30)31)19-15-13-11-9-7-8-10-12-14-16-20-28/h26-27H,3-25,28H2,1-2H3,(H2,29,30,31)/t26-,27?/m1/s1. The van der Waals surface area contributed by atoms with Crippen LogP contribution in [0.4, 0.5) is 0 Å². The summed E-state index contributed by atoms with van der Waals surface area (Å²) in [6, 6.07) is 0. The molecule has 4 N–H and O–H groups in total. The van der Waals surface area contributed by atoms with Crippen molar-refractivity contribution in [2.45, 2.75) is 135 Å². The molecule has 7 nitrogen and oxygen atoms in total. The van der Waals surface area contributed by atoms with Crippen molar-refractivity contribution in [3.05, 3.63) is 0 Å². The van der Waals surface area contributed by atoms with Crippen LogP contribution in [-0.4, -0.2) is 61.1 Å². The summed E-state index contributed by atoms with van der Waals surface area (Å²) in [6.07, 6.45) is 18.5. The van der Waals surface area contributed by atoms with Gasteiger partial charge in [-0.25, -0.2) is 0 Å². The van der Waals surface area contributed by atoms with Gasteiger partial charge in [-0.15, -0.1) is 0 Å². The topological polar surface area (TPSA) is 111 Å². The number of nitrogens with two attached hydrogens (primary N) is 1. The van der Waals surface area contributed by atoms with Crippen LogP contribution in [0.25, 0.3) is 0 Å². The highest BCUT2D eigenvalue weighted by Gasteiger charge is 2.28. The molecule has 0 saturated heterocycles. The summed E-state index contributed by atoms with van der Waals surface area (Å²) in [7, 11) is -4.19. The lowest BCUT2D eigenvalue weighted by molar-refractivity contribution is -0.0616. The molecule has 0 saturated carbocycles. The molecule has 0 radical (unpaired) electrons. The number of unbranched alkanes of at least 4 members (excludes halogenated alkanes) is 13. The first kappa shape index (κ1) is 35.0. The molecule has 0 fully saturated rings. The zero-order valence-corrected chi connectivity index (χ0v) is 23.9. The van der Waals surface area contributed by atoms with E-state index in [1.165, 1.54) is 38.5 Å². The van der Waals surface area contributed by atoms with E-state index in [1.54, 1.807) is 0 Å². The van der Waals surface area contributed by atoms with Crippen molar-refractivity contribution in [3.63, 3.8) is 0 Å². The Kier molecular flexibility index (Phi) is 25.6. The summed E-state index contributed by atoms with van der Waals surface area (Å²) in [5.74, 6) is 0. The van der Waals surface area contributed by atoms with Crippen molar-refractivity contribution in [3.8, 4) is 0 Å². The van der Waals surface area contributed by atoms with E-state index < -0.39 is 13.3 Å². The van der Waals surface area contributed by atoms with Gasteiger partial charge in [0.05, 0.1) is 25.5 Å². The number of rotatable bonds is 28. The van der Waals surface area contributed by atoms with Gasteiger partial charge in [-0.05, 0) is 32.2 Å². The monoisotopic (exact) mass is 523 g/mol. The minimum atomic E-state index is -4.19. The summed E-state index contributed by atoms with van der Waals surface area (Å²) in [5, 5.41) is 0. The molecule has 8 heteroatoms. The van der Waals surface area contributed by atoms with E-state index in [4.69, 9.17) is 19.9 Å². The predicted octanol–water partition coefficient (Wildman–Crippen LogP) is 6.58. The van der Waals surface area contributed by atoms with Crippen LogP contribution in [-0.2, 0) is 18.8 Å². The van der Waals surface area contributed by atoms with Crippen molar-refractivity contribution in [1.82, 2.24) is 0 Å². The summed E-state index contributed by atoms with van der Waals surface area (Å²) in [4.78, 5) is 19.6. The van der Waals surface area contributed by atoms with Gasteiger partial charge in [0.25, 0.3) is 0 Å². The second-order valence-corrected chi connectivity index (χ2v) is 11.8. The van der Waals surface area contributed by atoms with Gasteiger partial charge in [-0.1, -0.05) is 97.3 Å². The molecule has 0 bridgehead atoms. The Hall–Kier alpha value is -0.0100. The molecule has 2 atom stereocenters. The Morgan fingerprint density at radius 3 is 1.71 bits per heavy atom. The first-order valence-corrected chi connectivity index (χ1v) is 16.2. The molecular weight excluding hydrogens is 465 g/mol. The summed E-state index contributed by atoms with van der Waals surface area (Å²) in [6.45, 7) is 7.33. The average Bonchev–Trinajstić information content (AvgIpc) is 2.82. The van der Waals surface area contributed by atoms with Gasteiger partial charge in [-0.3, -0.25) is 4.57 Å². The van der Waals surface area contributed by atoms with E-state index in [0.29, 0.717) is 32.8 Å². The van der Waals surface area contributed by atoms with E-state index in [0.717, 1.165) is 70.8 Å². The zero-order valence-electron chi connectivity index (χ0n) is 23.0. The first-order valence-electron chi connectivity index (χ1n) is 14.5. The largest absolute Gasteiger partial charge is 0.379 e. The number of hydrogen-bond donors (Lipinski definition) is 3. The third kappa shape index (κ3) is 24.1. The van der Waals surface area contributed by atoms with Crippen LogP contribution in [0, 0.1) is 0 Å². The molecule has 0 aromatic carbocycles. The fourth-order valence-corrected chi connectivity index (χ4v) is 4.86. The van der Waals surface area contributed by atoms with E-state index >= 15 is 0 Å². The highest BCUT2D eigenvalue weighted by atomic mass is 31.2. The molecule has 0 aliphatic rings. The zero-order chi connectivity index (χ0) is 26.0. The van der Waals surface area contributed by atoms with Crippen LogP contribution in [0.5, 0.6) is 0 Å². The summed E-state index contributed by atoms with van der Waals surface area (Å²) in [5.41, 5.74) is 4.78. The molecule has 0 spiro atoms. The van der Waals surface area contributed by atoms with Crippen LogP contribution in [0.15, 0.2) is 0 Å². The molecule has 0 rings (SSSR count). The molecule has 0 aliphatic carbocycles. The Balaban J connectivity index is 4.16. The van der Waals surface area contributed by atoms with Gasteiger partial charge < -0.3 is 29.7 Å². The molecule has 0 amide bonds. The SMILES string of the molecule is CCCCCOC[C@H](COCC(CCCCCCCCCCCCN)P(=O)(O)O)OCCCCC. The number of ether oxygens (including phenoxy) is 3. The van der Waals surface area contributed by atoms with Crippen LogP contribution in [0.1, 0.15) is 123 Å². The molecule has 0 aromatic heterocycles. The maximum atomic E-state index is 12.0. The normalized spacial score (nSPS) is 13.9. The minimum absolute atomic E-state index is 0.0672. The fraction of sp³-hybridized carbons (Fsp3) is 1.00. The molecule has 0 aliphatic heterocycles. The lowest BCUT2D eigenvalue weighted by Crippen LogP contribution is -2.28. The maximum Gasteiger partial charge on any atom is 0.330 e. The van der Waals surface area contributed by atoms with Gasteiger partial charge in [-0.2, -0.15) is 0 Å². The number of hydrogen-bond acceptors (Lipinski definition) is 5. The molecular formula is C27H58NO6P. The van der Waals surface area contributed by atoms with E-state index in [-0.39, 0.29) is 12.7 Å². The third-order valence-corrected chi connectivity index (χ3v) is 7.74. The summed E-state index contributed by atoms with van der Waals surface area (Å²) < 4.78 is 29.5. The van der Waals surface area contributed by atoms with Gasteiger partial charge in [0.1, 0.15) is 6.10 Å². The maximum absolute atomic E-state index is 12.0. The van der Waals surface area contributed by atoms with Gasteiger partial charge in [0.2, 0.25) is 0 Å². The summed E-state index contributed by atoms with van der Waals surface area (Å²) >= 11 is 0. The van der Waals surface area contributed by atoms with E-state index in [1.807, 2.05) is 0 Å². The van der Waals surface area contributed by atoms with Crippen LogP contribution in [0.2, 0.25) is 0 Å². The van der Waals surface area contributed by atoms with Gasteiger partial charge >= 0.3 is 7.60 Å². The highest BCUT2D eigenvalue weighted by Crippen LogP contribution is 2.43. The Morgan fingerprint density at radius 1 is 0.657 bits per heavy atom. The first-order chi connectivity index (χ1) is 17.0. The van der Waals surface area contributed by atoms with E-state index in [2.05, 4.69) is 13.8 Å². The minimum Gasteiger partial charge on any atom is -0.379 e. The van der Waals surface area contributed by atoms with Crippen LogP contribution < -0.4 is 5.73 Å². The van der Waals surface area contributed by atoms with Gasteiger partial charge in [0, 0.05) is 13.2 Å². The molecule has 1 unspecified atom stereocenters.